The first-order valence-electron chi connectivity index (χ1n) is 9.64. The second-order valence-corrected chi connectivity index (χ2v) is 7.17. The van der Waals surface area contributed by atoms with Crippen molar-refractivity contribution in [3.63, 3.8) is 0 Å². The van der Waals surface area contributed by atoms with Crippen molar-refractivity contribution in [2.24, 2.45) is 0 Å². The summed E-state index contributed by atoms with van der Waals surface area (Å²) in [5.74, 6) is -1.49. The number of rotatable bonds is 5. The van der Waals surface area contributed by atoms with Gasteiger partial charge in [0, 0.05) is 18.7 Å². The molecule has 0 bridgehead atoms. The fraction of sp³-hybridized carbons (Fsp3) is 0.318. The highest BCUT2D eigenvalue weighted by atomic mass is 16.5. The van der Waals surface area contributed by atoms with Gasteiger partial charge in [0.25, 0.3) is 0 Å². The maximum Gasteiger partial charge on any atom is 0.235 e. The molecule has 3 aromatic rings. The van der Waals surface area contributed by atoms with Crippen LogP contribution >= 0.6 is 0 Å². The zero-order chi connectivity index (χ0) is 20.4. The number of ether oxygens (including phenoxy) is 1. The van der Waals surface area contributed by atoms with Gasteiger partial charge >= 0.3 is 0 Å². The molecule has 0 aliphatic carbocycles. The maximum absolute atomic E-state index is 12.4. The molecule has 29 heavy (non-hydrogen) atoms. The Kier molecular flexibility index (Phi) is 5.42. The van der Waals surface area contributed by atoms with Gasteiger partial charge in [-0.1, -0.05) is 24.3 Å². The van der Waals surface area contributed by atoms with Crippen molar-refractivity contribution in [3.8, 4) is 28.6 Å². The highest BCUT2D eigenvalue weighted by molar-refractivity contribution is 5.88. The molecule has 1 fully saturated rings. The molecule has 0 radical (unpaired) electrons. The highest BCUT2D eigenvalue weighted by Gasteiger charge is 2.19. The molecular formula is C22H23NO6. The summed E-state index contributed by atoms with van der Waals surface area (Å²) in [5, 5.41) is 30.0. The lowest BCUT2D eigenvalue weighted by molar-refractivity contribution is 0.0375. The van der Waals surface area contributed by atoms with Gasteiger partial charge in [-0.2, -0.15) is 0 Å². The third-order valence-electron chi connectivity index (χ3n) is 5.25. The van der Waals surface area contributed by atoms with E-state index in [4.69, 9.17) is 9.15 Å². The Hall–Kier alpha value is -3.03. The smallest absolute Gasteiger partial charge is 0.235 e. The second-order valence-electron chi connectivity index (χ2n) is 7.17. The van der Waals surface area contributed by atoms with Gasteiger partial charge in [0.2, 0.25) is 16.9 Å². The molecule has 4 rings (SSSR count). The number of aromatic hydroxyl groups is 3. The molecule has 7 heteroatoms. The summed E-state index contributed by atoms with van der Waals surface area (Å²) in [7, 11) is 0. The van der Waals surface area contributed by atoms with Crippen molar-refractivity contribution < 1.29 is 24.5 Å². The van der Waals surface area contributed by atoms with E-state index in [-0.39, 0.29) is 16.7 Å². The van der Waals surface area contributed by atoms with Crippen molar-refractivity contribution in [3.05, 3.63) is 52.2 Å². The molecule has 3 N–H and O–H groups in total. The normalized spacial score (nSPS) is 15.0. The predicted octanol–water partition coefficient (Wildman–Crippen LogP) is 2.84. The number of hydrogen-bond acceptors (Lipinski definition) is 7. The monoisotopic (exact) mass is 397 g/mol. The van der Waals surface area contributed by atoms with Gasteiger partial charge in [0.05, 0.1) is 18.6 Å². The average Bonchev–Trinajstić information content (AvgIpc) is 2.75. The number of morpholine rings is 1. The van der Waals surface area contributed by atoms with E-state index in [0.717, 1.165) is 51.3 Å². The topological polar surface area (TPSA) is 103 Å². The van der Waals surface area contributed by atoms with Crippen molar-refractivity contribution in [2.45, 2.75) is 12.8 Å². The number of aryl methyl sites for hydroxylation is 1. The van der Waals surface area contributed by atoms with Crippen LogP contribution in [0.1, 0.15) is 12.0 Å². The van der Waals surface area contributed by atoms with Gasteiger partial charge < -0.3 is 24.5 Å². The SMILES string of the molecule is O=c1c(O)c(-c2ccc(CCCN3CCOCC3)cc2)oc2c(O)c(O)ccc12. The average molecular weight is 397 g/mol. The van der Waals surface area contributed by atoms with E-state index in [9.17, 15) is 20.1 Å². The van der Waals surface area contributed by atoms with Gasteiger partial charge in [-0.3, -0.25) is 9.69 Å². The van der Waals surface area contributed by atoms with E-state index in [1.54, 1.807) is 12.1 Å². The fourth-order valence-electron chi connectivity index (χ4n) is 3.57. The van der Waals surface area contributed by atoms with Crippen molar-refractivity contribution in [1.29, 1.82) is 0 Å². The minimum Gasteiger partial charge on any atom is -0.504 e. The summed E-state index contributed by atoms with van der Waals surface area (Å²) in [6, 6.07) is 9.89. The van der Waals surface area contributed by atoms with Gasteiger partial charge in [-0.05, 0) is 37.1 Å². The molecular weight excluding hydrogens is 374 g/mol. The minimum atomic E-state index is -0.661. The first kappa shape index (κ1) is 19.3. The van der Waals surface area contributed by atoms with Crippen LogP contribution in [0.25, 0.3) is 22.3 Å². The fourth-order valence-corrected chi connectivity index (χ4v) is 3.57. The maximum atomic E-state index is 12.4. The number of nitrogens with zero attached hydrogens (tertiary/aromatic N) is 1. The van der Waals surface area contributed by atoms with Crippen molar-refractivity contribution in [1.82, 2.24) is 4.90 Å². The lowest BCUT2D eigenvalue weighted by Crippen LogP contribution is -2.36. The minimum absolute atomic E-state index is 0.00119. The Bertz CT molecular complexity index is 1070. The van der Waals surface area contributed by atoms with Crippen LogP contribution in [0.5, 0.6) is 17.2 Å². The number of fused-ring (bicyclic) bond motifs is 1. The quantitative estimate of drug-likeness (QED) is 0.569. The Morgan fingerprint density at radius 3 is 2.38 bits per heavy atom. The molecule has 0 spiro atoms. The van der Waals surface area contributed by atoms with Gasteiger partial charge in [-0.15, -0.1) is 0 Å². The third-order valence-corrected chi connectivity index (χ3v) is 5.25. The predicted molar refractivity (Wildman–Crippen MR) is 108 cm³/mol. The molecule has 0 atom stereocenters. The first-order valence-corrected chi connectivity index (χ1v) is 9.64. The Balaban J connectivity index is 1.54. The van der Waals surface area contributed by atoms with Crippen LogP contribution in [0.15, 0.2) is 45.6 Å². The van der Waals surface area contributed by atoms with Gasteiger partial charge in [0.15, 0.2) is 17.1 Å². The summed E-state index contributed by atoms with van der Waals surface area (Å²) in [6.45, 7) is 4.56. The molecule has 1 saturated heterocycles. The van der Waals surface area contributed by atoms with E-state index in [0.29, 0.717) is 5.56 Å². The largest absolute Gasteiger partial charge is 0.504 e. The van der Waals surface area contributed by atoms with E-state index in [1.165, 1.54) is 12.1 Å². The lowest BCUT2D eigenvalue weighted by Gasteiger charge is -2.26. The van der Waals surface area contributed by atoms with Gasteiger partial charge in [0.1, 0.15) is 0 Å². The van der Waals surface area contributed by atoms with Crippen LogP contribution in [-0.2, 0) is 11.2 Å². The van der Waals surface area contributed by atoms with Crippen LogP contribution < -0.4 is 5.43 Å². The second kappa shape index (κ2) is 8.14. The molecule has 2 aromatic carbocycles. The molecule has 0 amide bonds. The standard InChI is InChI=1S/C22H23NO6/c24-17-8-7-16-18(25)20(27)21(29-22(16)19(17)26)15-5-3-14(4-6-15)2-1-9-23-10-12-28-13-11-23/h3-8,24,26-27H,1-2,9-13H2. The summed E-state index contributed by atoms with van der Waals surface area (Å²) in [4.78, 5) is 14.8. The zero-order valence-corrected chi connectivity index (χ0v) is 15.9. The number of hydrogen-bond donors (Lipinski definition) is 3. The van der Waals surface area contributed by atoms with Crippen molar-refractivity contribution >= 4 is 11.0 Å². The van der Waals surface area contributed by atoms with Gasteiger partial charge in [-0.25, -0.2) is 0 Å². The molecule has 1 aromatic heterocycles. The number of phenolic OH excluding ortho intramolecular Hbond substituents is 2. The molecule has 152 valence electrons. The molecule has 0 saturated carbocycles. The van der Waals surface area contributed by atoms with E-state index < -0.39 is 22.7 Å². The molecule has 0 unspecified atom stereocenters. The zero-order valence-electron chi connectivity index (χ0n) is 15.9. The molecule has 2 heterocycles. The van der Waals surface area contributed by atoms with E-state index >= 15 is 0 Å². The Labute approximate surface area is 167 Å². The first-order chi connectivity index (χ1) is 14.0. The van der Waals surface area contributed by atoms with Crippen LogP contribution in [0.3, 0.4) is 0 Å². The van der Waals surface area contributed by atoms with Crippen LogP contribution in [0, 0.1) is 0 Å². The number of phenols is 2. The highest BCUT2D eigenvalue weighted by Crippen LogP contribution is 2.37. The van der Waals surface area contributed by atoms with Crippen LogP contribution in [-0.4, -0.2) is 53.1 Å². The molecule has 1 aliphatic heterocycles. The van der Waals surface area contributed by atoms with Crippen LogP contribution in [0.4, 0.5) is 0 Å². The summed E-state index contributed by atoms with van der Waals surface area (Å²) < 4.78 is 10.9. The van der Waals surface area contributed by atoms with Crippen LogP contribution in [0.2, 0.25) is 0 Å². The third kappa shape index (κ3) is 3.92. The Morgan fingerprint density at radius 2 is 1.66 bits per heavy atom. The van der Waals surface area contributed by atoms with E-state index in [1.807, 2.05) is 12.1 Å². The van der Waals surface area contributed by atoms with Crippen molar-refractivity contribution in [2.75, 3.05) is 32.8 Å². The number of benzene rings is 2. The summed E-state index contributed by atoms with van der Waals surface area (Å²) in [6.07, 6.45) is 1.95. The Morgan fingerprint density at radius 1 is 0.931 bits per heavy atom. The summed E-state index contributed by atoms with van der Waals surface area (Å²) >= 11 is 0. The molecule has 1 aliphatic rings. The lowest BCUT2D eigenvalue weighted by atomic mass is 10.0. The van der Waals surface area contributed by atoms with E-state index in [2.05, 4.69) is 4.90 Å². The summed E-state index contributed by atoms with van der Waals surface area (Å²) in [5.41, 5.74) is 0.842. The molecule has 7 nitrogen and oxygen atoms in total.